The van der Waals surface area contributed by atoms with E-state index >= 15 is 0 Å². The summed E-state index contributed by atoms with van der Waals surface area (Å²) in [5.74, 6) is -0.879. The SMILES string of the molecule is CCCCC/C=C\C/C=C\CCCCCCCC(=O)OCC(COC(=O)CCCCCCCCCCCCCCCCCCCCC/C=C\CCCCCCCCCC)OC(=O)CCCCCCCCC/C=C\C/C=C\CCCCCC. The maximum absolute atomic E-state index is 12.9. The molecule has 82 heavy (non-hydrogen) atoms. The number of ether oxygens (including phenoxy) is 3. The second-order valence-electron chi connectivity index (χ2n) is 24.5. The fraction of sp³-hybridized carbons (Fsp3) is 0.829. The summed E-state index contributed by atoms with van der Waals surface area (Å²) < 4.78 is 17.0. The molecule has 0 aliphatic carbocycles. The smallest absolute Gasteiger partial charge is 0.306 e. The van der Waals surface area contributed by atoms with E-state index in [1.165, 1.54) is 257 Å². The first kappa shape index (κ1) is 79.1. The molecule has 0 bridgehead atoms. The molecule has 0 aliphatic heterocycles. The van der Waals surface area contributed by atoms with Gasteiger partial charge in [0.1, 0.15) is 13.2 Å². The molecule has 0 saturated carbocycles. The molecule has 0 aromatic carbocycles. The molecule has 0 rings (SSSR count). The lowest BCUT2D eigenvalue weighted by Gasteiger charge is -2.18. The Morgan fingerprint density at radius 3 is 0.720 bits per heavy atom. The molecule has 0 radical (unpaired) electrons. The van der Waals surface area contributed by atoms with E-state index in [0.717, 1.165) is 89.9 Å². The summed E-state index contributed by atoms with van der Waals surface area (Å²) >= 11 is 0. The van der Waals surface area contributed by atoms with E-state index in [-0.39, 0.29) is 31.1 Å². The number of unbranched alkanes of at least 4 members (excludes halogenated alkanes) is 46. The second kappa shape index (κ2) is 70.6. The van der Waals surface area contributed by atoms with Crippen LogP contribution in [0.1, 0.15) is 387 Å². The van der Waals surface area contributed by atoms with Crippen molar-refractivity contribution in [2.45, 2.75) is 393 Å². The normalized spacial score (nSPS) is 12.4. The minimum Gasteiger partial charge on any atom is -0.462 e. The average molecular weight is 1150 g/mol. The molecule has 1 atom stereocenters. The monoisotopic (exact) mass is 1150 g/mol. The molecular formula is C76H138O6. The van der Waals surface area contributed by atoms with E-state index < -0.39 is 6.10 Å². The number of carbonyl (C=O) groups excluding carboxylic acids is 3. The van der Waals surface area contributed by atoms with E-state index in [1.54, 1.807) is 0 Å². The van der Waals surface area contributed by atoms with Crippen molar-refractivity contribution in [3.8, 4) is 0 Å². The van der Waals surface area contributed by atoms with Crippen LogP contribution >= 0.6 is 0 Å². The predicted octanol–water partition coefficient (Wildman–Crippen LogP) is 25.1. The van der Waals surface area contributed by atoms with Crippen molar-refractivity contribution < 1.29 is 28.6 Å². The van der Waals surface area contributed by atoms with E-state index in [1.807, 2.05) is 0 Å². The summed E-state index contributed by atoms with van der Waals surface area (Å²) in [6.45, 7) is 6.64. The molecule has 0 spiro atoms. The third-order valence-electron chi connectivity index (χ3n) is 16.2. The number of carbonyl (C=O) groups is 3. The van der Waals surface area contributed by atoms with Crippen LogP contribution in [0, 0.1) is 0 Å². The molecule has 6 heteroatoms. The van der Waals surface area contributed by atoms with Gasteiger partial charge in [0.25, 0.3) is 0 Å². The minimum absolute atomic E-state index is 0.0788. The van der Waals surface area contributed by atoms with Gasteiger partial charge in [-0.3, -0.25) is 14.4 Å². The van der Waals surface area contributed by atoms with Crippen molar-refractivity contribution in [1.29, 1.82) is 0 Å². The zero-order valence-corrected chi connectivity index (χ0v) is 55.0. The Morgan fingerprint density at radius 2 is 0.439 bits per heavy atom. The third kappa shape index (κ3) is 67.9. The van der Waals surface area contributed by atoms with Crippen LogP contribution in [-0.4, -0.2) is 37.2 Å². The number of allylic oxidation sites excluding steroid dienone is 10. The Labute approximate surface area is 510 Å². The summed E-state index contributed by atoms with van der Waals surface area (Å²) in [6.07, 6.45) is 91.2. The highest BCUT2D eigenvalue weighted by atomic mass is 16.6. The first-order valence-corrected chi connectivity index (χ1v) is 36.3. The summed E-state index contributed by atoms with van der Waals surface area (Å²) in [6, 6.07) is 0. The van der Waals surface area contributed by atoms with Crippen molar-refractivity contribution in [3.63, 3.8) is 0 Å². The molecule has 0 aliphatic rings. The lowest BCUT2D eigenvalue weighted by Crippen LogP contribution is -2.30. The standard InChI is InChI=1S/C76H138O6/c1-4-7-10-13-16-19-22-25-28-30-32-33-34-35-36-37-38-39-40-41-42-43-44-46-48-51-54-57-60-63-66-69-75(78)81-72-73(71-80-74(77)68-65-62-59-56-53-50-47-27-24-21-18-15-12-9-6-3)82-76(79)70-67-64-61-58-55-52-49-45-31-29-26-23-20-17-14-11-8-5-2/h18,20-21,23,27,29-32,47,73H,4-17,19,22,24-26,28,33-46,48-72H2,1-3H3/b21-18-,23-20-,31-29-,32-30-,47-27-. The Bertz CT molecular complexity index is 1460. The maximum Gasteiger partial charge on any atom is 0.306 e. The first-order valence-electron chi connectivity index (χ1n) is 36.3. The van der Waals surface area contributed by atoms with Crippen LogP contribution in [0.2, 0.25) is 0 Å². The minimum atomic E-state index is -0.785. The molecule has 0 N–H and O–H groups in total. The molecule has 478 valence electrons. The van der Waals surface area contributed by atoms with Gasteiger partial charge in [0.2, 0.25) is 0 Å². The van der Waals surface area contributed by atoms with Gasteiger partial charge in [-0.25, -0.2) is 0 Å². The van der Waals surface area contributed by atoms with Gasteiger partial charge in [0.15, 0.2) is 6.10 Å². The molecule has 0 amide bonds. The first-order chi connectivity index (χ1) is 40.5. The van der Waals surface area contributed by atoms with E-state index in [9.17, 15) is 14.4 Å². The van der Waals surface area contributed by atoms with Gasteiger partial charge < -0.3 is 14.2 Å². The van der Waals surface area contributed by atoms with Crippen molar-refractivity contribution in [2.24, 2.45) is 0 Å². The number of hydrogen-bond donors (Lipinski definition) is 0. The van der Waals surface area contributed by atoms with E-state index in [2.05, 4.69) is 81.5 Å². The lowest BCUT2D eigenvalue weighted by molar-refractivity contribution is -0.167. The van der Waals surface area contributed by atoms with Gasteiger partial charge >= 0.3 is 17.9 Å². The van der Waals surface area contributed by atoms with Gasteiger partial charge in [-0.15, -0.1) is 0 Å². The van der Waals surface area contributed by atoms with E-state index in [0.29, 0.717) is 19.3 Å². The zero-order valence-electron chi connectivity index (χ0n) is 55.0. The van der Waals surface area contributed by atoms with Crippen LogP contribution in [0.5, 0.6) is 0 Å². The van der Waals surface area contributed by atoms with Crippen LogP contribution in [0.4, 0.5) is 0 Å². The second-order valence-corrected chi connectivity index (χ2v) is 24.5. The molecule has 0 aromatic rings. The highest BCUT2D eigenvalue weighted by Gasteiger charge is 2.19. The van der Waals surface area contributed by atoms with Gasteiger partial charge in [0, 0.05) is 19.3 Å². The summed E-state index contributed by atoms with van der Waals surface area (Å²) in [5, 5.41) is 0. The van der Waals surface area contributed by atoms with Crippen LogP contribution in [0.15, 0.2) is 60.8 Å². The van der Waals surface area contributed by atoms with Gasteiger partial charge in [-0.1, -0.05) is 319 Å². The highest BCUT2D eigenvalue weighted by molar-refractivity contribution is 5.71. The molecule has 0 saturated heterocycles. The van der Waals surface area contributed by atoms with Crippen LogP contribution in [-0.2, 0) is 28.6 Å². The molecular weight excluding hydrogens is 1010 g/mol. The van der Waals surface area contributed by atoms with Gasteiger partial charge in [-0.2, -0.15) is 0 Å². The van der Waals surface area contributed by atoms with Crippen molar-refractivity contribution in [1.82, 2.24) is 0 Å². The Kier molecular flexibility index (Phi) is 68.1. The fourth-order valence-corrected chi connectivity index (χ4v) is 10.7. The molecule has 1 unspecified atom stereocenters. The summed E-state index contributed by atoms with van der Waals surface area (Å²) in [5.41, 5.74) is 0. The Balaban J connectivity index is 4.21. The van der Waals surface area contributed by atoms with Gasteiger partial charge in [0.05, 0.1) is 0 Å². The number of rotatable bonds is 67. The maximum atomic E-state index is 12.9. The summed E-state index contributed by atoms with van der Waals surface area (Å²) in [4.78, 5) is 38.4. The predicted molar refractivity (Wildman–Crippen MR) is 358 cm³/mol. The Hall–Kier alpha value is -2.89. The van der Waals surface area contributed by atoms with Crippen molar-refractivity contribution in [2.75, 3.05) is 13.2 Å². The van der Waals surface area contributed by atoms with Crippen LogP contribution in [0.3, 0.4) is 0 Å². The summed E-state index contributed by atoms with van der Waals surface area (Å²) in [7, 11) is 0. The number of hydrogen-bond acceptors (Lipinski definition) is 6. The topological polar surface area (TPSA) is 78.9 Å². The number of esters is 3. The Morgan fingerprint density at radius 1 is 0.244 bits per heavy atom. The fourth-order valence-electron chi connectivity index (χ4n) is 10.7. The van der Waals surface area contributed by atoms with Gasteiger partial charge in [-0.05, 0) is 109 Å². The largest absolute Gasteiger partial charge is 0.462 e. The van der Waals surface area contributed by atoms with Crippen LogP contribution in [0.25, 0.3) is 0 Å². The third-order valence-corrected chi connectivity index (χ3v) is 16.2. The molecule has 0 aromatic heterocycles. The molecule has 0 fully saturated rings. The van der Waals surface area contributed by atoms with Crippen LogP contribution < -0.4 is 0 Å². The molecule has 6 nitrogen and oxygen atoms in total. The zero-order chi connectivity index (χ0) is 59.2. The lowest BCUT2D eigenvalue weighted by atomic mass is 10.0. The van der Waals surface area contributed by atoms with Crippen molar-refractivity contribution in [3.05, 3.63) is 60.8 Å². The van der Waals surface area contributed by atoms with E-state index in [4.69, 9.17) is 14.2 Å². The molecule has 0 heterocycles. The van der Waals surface area contributed by atoms with Crippen molar-refractivity contribution >= 4 is 17.9 Å². The highest BCUT2D eigenvalue weighted by Crippen LogP contribution is 2.18. The average Bonchev–Trinajstić information content (AvgIpc) is 3.47. The quantitative estimate of drug-likeness (QED) is 0.0261.